The molecule has 0 bridgehead atoms. The number of benzene rings is 1. The van der Waals surface area contributed by atoms with Gasteiger partial charge in [-0.1, -0.05) is 45.4 Å². The third kappa shape index (κ3) is 3.19. The minimum absolute atomic E-state index is 0.267. The second-order valence-electron chi connectivity index (χ2n) is 5.71. The Kier molecular flexibility index (Phi) is 4.65. The molecule has 0 fully saturated rings. The third-order valence-electron chi connectivity index (χ3n) is 4.08. The van der Waals surface area contributed by atoms with Crippen molar-refractivity contribution in [3.63, 3.8) is 0 Å². The lowest BCUT2D eigenvalue weighted by Gasteiger charge is -2.10. The van der Waals surface area contributed by atoms with E-state index in [9.17, 15) is 0 Å². The number of hydrogen-bond acceptors (Lipinski definition) is 1. The van der Waals surface area contributed by atoms with Gasteiger partial charge in [0.1, 0.15) is 0 Å². The number of hydrogen-bond donors (Lipinski definition) is 1. The largest absolute Gasteiger partial charge is 0.347 e. The van der Waals surface area contributed by atoms with Crippen molar-refractivity contribution in [2.24, 2.45) is 11.7 Å². The van der Waals surface area contributed by atoms with Crippen LogP contribution in [-0.4, -0.2) is 10.6 Å². The summed E-state index contributed by atoms with van der Waals surface area (Å²) in [6.07, 6.45) is 5.54. The SMILES string of the molecule is CCC(C)Cn1cc(CC(N)CC)c2ccccc21. The molecule has 104 valence electrons. The second-order valence-corrected chi connectivity index (χ2v) is 5.71. The van der Waals surface area contributed by atoms with Crippen LogP contribution in [0, 0.1) is 5.92 Å². The summed E-state index contributed by atoms with van der Waals surface area (Å²) in [4.78, 5) is 0. The molecule has 2 aromatic rings. The van der Waals surface area contributed by atoms with Crippen LogP contribution in [0.15, 0.2) is 30.5 Å². The highest BCUT2D eigenvalue weighted by molar-refractivity contribution is 5.84. The van der Waals surface area contributed by atoms with Crippen LogP contribution in [0.2, 0.25) is 0 Å². The number of nitrogens with two attached hydrogens (primary N) is 1. The standard InChI is InChI=1S/C17H26N2/c1-4-13(3)11-19-12-14(10-15(18)5-2)16-8-6-7-9-17(16)19/h6-9,12-13,15H,4-5,10-11,18H2,1-3H3. The van der Waals surface area contributed by atoms with Crippen LogP contribution in [0.25, 0.3) is 10.9 Å². The molecule has 2 N–H and O–H groups in total. The molecule has 0 amide bonds. The summed E-state index contributed by atoms with van der Waals surface area (Å²) in [5, 5.41) is 1.37. The second kappa shape index (κ2) is 6.25. The van der Waals surface area contributed by atoms with Gasteiger partial charge < -0.3 is 10.3 Å². The lowest BCUT2D eigenvalue weighted by atomic mass is 10.0. The smallest absolute Gasteiger partial charge is 0.0483 e. The molecule has 0 aliphatic carbocycles. The predicted molar refractivity (Wildman–Crippen MR) is 83.4 cm³/mol. The first kappa shape index (κ1) is 14.1. The number of aromatic nitrogens is 1. The van der Waals surface area contributed by atoms with E-state index in [4.69, 9.17) is 5.73 Å². The molecule has 2 unspecified atom stereocenters. The van der Waals surface area contributed by atoms with Gasteiger partial charge in [-0.2, -0.15) is 0 Å². The van der Waals surface area contributed by atoms with Crippen LogP contribution < -0.4 is 5.73 Å². The molecule has 0 radical (unpaired) electrons. The van der Waals surface area contributed by atoms with Crippen LogP contribution in [0.5, 0.6) is 0 Å². The van der Waals surface area contributed by atoms with Gasteiger partial charge in [0.25, 0.3) is 0 Å². The van der Waals surface area contributed by atoms with Gasteiger partial charge in [-0.05, 0) is 30.4 Å². The molecular weight excluding hydrogens is 232 g/mol. The molecule has 0 aliphatic heterocycles. The molecular formula is C17H26N2. The predicted octanol–water partition coefficient (Wildman–Crippen LogP) is 3.97. The first-order chi connectivity index (χ1) is 9.15. The van der Waals surface area contributed by atoms with Gasteiger partial charge in [-0.3, -0.25) is 0 Å². The van der Waals surface area contributed by atoms with Crippen molar-refractivity contribution >= 4 is 10.9 Å². The van der Waals surface area contributed by atoms with E-state index >= 15 is 0 Å². The van der Waals surface area contributed by atoms with E-state index in [1.807, 2.05) is 0 Å². The van der Waals surface area contributed by atoms with E-state index < -0.39 is 0 Å². The van der Waals surface area contributed by atoms with Crippen molar-refractivity contribution in [1.29, 1.82) is 0 Å². The zero-order valence-corrected chi connectivity index (χ0v) is 12.4. The molecule has 0 saturated carbocycles. The van der Waals surface area contributed by atoms with Gasteiger partial charge in [-0.15, -0.1) is 0 Å². The Morgan fingerprint density at radius 3 is 2.58 bits per heavy atom. The Labute approximate surface area is 116 Å². The molecule has 0 spiro atoms. The van der Waals surface area contributed by atoms with Crippen molar-refractivity contribution in [3.8, 4) is 0 Å². The highest BCUT2D eigenvalue weighted by Crippen LogP contribution is 2.24. The molecule has 19 heavy (non-hydrogen) atoms. The summed E-state index contributed by atoms with van der Waals surface area (Å²) < 4.78 is 2.40. The topological polar surface area (TPSA) is 30.9 Å². The van der Waals surface area contributed by atoms with E-state index in [1.165, 1.54) is 22.9 Å². The van der Waals surface area contributed by atoms with Crippen molar-refractivity contribution in [2.45, 2.75) is 52.6 Å². The summed E-state index contributed by atoms with van der Waals surface area (Å²) in [5.41, 5.74) is 8.87. The Bertz CT molecular complexity index is 481. The number of para-hydroxylation sites is 1. The van der Waals surface area contributed by atoms with Crippen LogP contribution in [0.4, 0.5) is 0 Å². The molecule has 0 aliphatic rings. The van der Waals surface area contributed by atoms with Crippen molar-refractivity contribution in [2.75, 3.05) is 0 Å². The van der Waals surface area contributed by atoms with Gasteiger partial charge >= 0.3 is 0 Å². The summed E-state index contributed by atoms with van der Waals surface area (Å²) in [6.45, 7) is 7.82. The highest BCUT2D eigenvalue weighted by Gasteiger charge is 2.11. The van der Waals surface area contributed by atoms with Gasteiger partial charge in [0, 0.05) is 29.7 Å². The normalized spacial score (nSPS) is 14.7. The number of fused-ring (bicyclic) bond motifs is 1. The maximum absolute atomic E-state index is 6.12. The minimum Gasteiger partial charge on any atom is -0.347 e. The Hall–Kier alpha value is -1.28. The van der Waals surface area contributed by atoms with Crippen molar-refractivity contribution in [1.82, 2.24) is 4.57 Å². The molecule has 2 atom stereocenters. The molecule has 1 heterocycles. The summed E-state index contributed by atoms with van der Waals surface area (Å²) in [5.74, 6) is 0.712. The molecule has 0 saturated heterocycles. The van der Waals surface area contributed by atoms with E-state index in [0.717, 1.165) is 19.4 Å². The Morgan fingerprint density at radius 2 is 1.89 bits per heavy atom. The highest BCUT2D eigenvalue weighted by atomic mass is 15.0. The minimum atomic E-state index is 0.267. The maximum atomic E-state index is 6.12. The molecule has 2 nitrogen and oxygen atoms in total. The third-order valence-corrected chi connectivity index (χ3v) is 4.08. The monoisotopic (exact) mass is 258 g/mol. The fourth-order valence-corrected chi connectivity index (χ4v) is 2.53. The van der Waals surface area contributed by atoms with Crippen molar-refractivity contribution < 1.29 is 0 Å². The average molecular weight is 258 g/mol. The zero-order valence-electron chi connectivity index (χ0n) is 12.4. The summed E-state index contributed by atoms with van der Waals surface area (Å²) in [7, 11) is 0. The molecule has 1 aromatic carbocycles. The average Bonchev–Trinajstić information content (AvgIpc) is 2.77. The molecule has 1 aromatic heterocycles. The van der Waals surface area contributed by atoms with Gasteiger partial charge in [0.05, 0.1) is 0 Å². The Balaban J connectivity index is 2.36. The van der Waals surface area contributed by atoms with Crippen LogP contribution >= 0.6 is 0 Å². The number of rotatable bonds is 6. The fraction of sp³-hybridized carbons (Fsp3) is 0.529. The van der Waals surface area contributed by atoms with E-state index in [0.29, 0.717) is 5.92 Å². The van der Waals surface area contributed by atoms with Gasteiger partial charge in [0.2, 0.25) is 0 Å². The van der Waals surface area contributed by atoms with Crippen LogP contribution in [-0.2, 0) is 13.0 Å². The van der Waals surface area contributed by atoms with Crippen LogP contribution in [0.1, 0.15) is 39.2 Å². The maximum Gasteiger partial charge on any atom is 0.0483 e. The summed E-state index contributed by atoms with van der Waals surface area (Å²) in [6, 6.07) is 8.96. The van der Waals surface area contributed by atoms with Crippen LogP contribution in [0.3, 0.4) is 0 Å². The first-order valence-electron chi connectivity index (χ1n) is 7.48. The molecule has 2 heteroatoms. The van der Waals surface area contributed by atoms with E-state index in [-0.39, 0.29) is 6.04 Å². The van der Waals surface area contributed by atoms with Gasteiger partial charge in [0.15, 0.2) is 0 Å². The summed E-state index contributed by atoms with van der Waals surface area (Å²) >= 11 is 0. The zero-order chi connectivity index (χ0) is 13.8. The number of nitrogens with zero attached hydrogens (tertiary/aromatic N) is 1. The lowest BCUT2D eigenvalue weighted by molar-refractivity contribution is 0.477. The molecule has 2 rings (SSSR count). The lowest BCUT2D eigenvalue weighted by Crippen LogP contribution is -2.21. The van der Waals surface area contributed by atoms with E-state index in [1.54, 1.807) is 0 Å². The first-order valence-corrected chi connectivity index (χ1v) is 7.48. The quantitative estimate of drug-likeness (QED) is 0.835. The fourth-order valence-electron chi connectivity index (χ4n) is 2.53. The van der Waals surface area contributed by atoms with Crippen molar-refractivity contribution in [3.05, 3.63) is 36.0 Å². The van der Waals surface area contributed by atoms with Gasteiger partial charge in [-0.25, -0.2) is 0 Å². The Morgan fingerprint density at radius 1 is 1.16 bits per heavy atom. The van der Waals surface area contributed by atoms with E-state index in [2.05, 4.69) is 55.8 Å².